The van der Waals surface area contributed by atoms with Gasteiger partial charge in [-0.05, 0) is 62.8 Å². The first-order valence-electron chi connectivity index (χ1n) is 15.3. The minimum atomic E-state index is -0.790. The predicted molar refractivity (Wildman–Crippen MR) is 171 cm³/mol. The first-order chi connectivity index (χ1) is 21.0. The number of rotatable bonds is 8. The van der Waals surface area contributed by atoms with E-state index >= 15 is 0 Å². The van der Waals surface area contributed by atoms with Crippen LogP contribution in [0.25, 0.3) is 10.9 Å². The smallest absolute Gasteiger partial charge is 0.247 e. The molecular formula is C33H43N7O4. The van der Waals surface area contributed by atoms with E-state index in [4.69, 9.17) is 4.74 Å². The third-order valence-electron chi connectivity index (χ3n) is 8.62. The van der Waals surface area contributed by atoms with Crippen LogP contribution in [-0.4, -0.2) is 78.0 Å². The van der Waals surface area contributed by atoms with Gasteiger partial charge in [-0.15, -0.1) is 0 Å². The highest BCUT2D eigenvalue weighted by Crippen LogP contribution is 2.39. The van der Waals surface area contributed by atoms with Crippen LogP contribution in [0.1, 0.15) is 52.5 Å². The van der Waals surface area contributed by atoms with Gasteiger partial charge in [0.1, 0.15) is 30.0 Å². The van der Waals surface area contributed by atoms with Crippen molar-refractivity contribution in [2.24, 2.45) is 5.41 Å². The first-order valence-corrected chi connectivity index (χ1v) is 15.3. The number of carbonyl (C=O) groups is 3. The zero-order valence-electron chi connectivity index (χ0n) is 26.4. The molecule has 3 N–H and O–H groups in total. The number of amides is 3. The lowest BCUT2D eigenvalue weighted by atomic mass is 9.85. The molecule has 1 aromatic heterocycles. The van der Waals surface area contributed by atoms with Crippen LogP contribution < -0.4 is 25.6 Å². The zero-order valence-corrected chi connectivity index (χ0v) is 26.4. The minimum Gasteiger partial charge on any atom is -0.494 e. The molecule has 3 aromatic rings. The molecule has 234 valence electrons. The molecule has 0 spiro atoms. The molecule has 3 atom stereocenters. The van der Waals surface area contributed by atoms with Crippen molar-refractivity contribution in [1.82, 2.24) is 25.5 Å². The van der Waals surface area contributed by atoms with Gasteiger partial charge in [-0.2, -0.15) is 0 Å². The lowest BCUT2D eigenvalue weighted by Gasteiger charge is -2.36. The normalized spacial score (nSPS) is 18.0. The number of carbonyl (C=O) groups excluding carboxylic acids is 3. The molecule has 44 heavy (non-hydrogen) atoms. The summed E-state index contributed by atoms with van der Waals surface area (Å²) >= 11 is 0. The Morgan fingerprint density at radius 1 is 1.07 bits per heavy atom. The van der Waals surface area contributed by atoms with E-state index in [9.17, 15) is 14.4 Å². The monoisotopic (exact) mass is 601 g/mol. The van der Waals surface area contributed by atoms with Gasteiger partial charge in [-0.1, -0.05) is 39.0 Å². The van der Waals surface area contributed by atoms with Gasteiger partial charge in [0.25, 0.3) is 0 Å². The van der Waals surface area contributed by atoms with Gasteiger partial charge in [0.2, 0.25) is 17.7 Å². The third-order valence-corrected chi connectivity index (χ3v) is 8.62. The second-order valence-corrected chi connectivity index (χ2v) is 12.6. The molecule has 0 radical (unpaired) electrons. The quantitative estimate of drug-likeness (QED) is 0.356. The Balaban J connectivity index is 1.43. The second-order valence-electron chi connectivity index (χ2n) is 12.6. The molecule has 0 bridgehead atoms. The summed E-state index contributed by atoms with van der Waals surface area (Å²) in [5.41, 5.74) is 3.00. The SMILES string of the molecule is CNC(C)C(=O)NC(C(=O)N1CCCC1C(=O)Nc1cc2c(N3CCCc4ccccc43)ncnc2cc1OC)C(C)(C)C. The number of anilines is 3. The summed E-state index contributed by atoms with van der Waals surface area (Å²) in [6, 6.07) is 10.1. The van der Waals surface area contributed by atoms with Crippen LogP contribution in [0.3, 0.4) is 0 Å². The van der Waals surface area contributed by atoms with E-state index in [-0.39, 0.29) is 17.7 Å². The average molecular weight is 602 g/mol. The van der Waals surface area contributed by atoms with Gasteiger partial charge >= 0.3 is 0 Å². The van der Waals surface area contributed by atoms with Crippen molar-refractivity contribution in [3.05, 3.63) is 48.3 Å². The van der Waals surface area contributed by atoms with Crippen molar-refractivity contribution >= 4 is 45.8 Å². The molecule has 3 amide bonds. The number of nitrogens with zero attached hydrogens (tertiary/aromatic N) is 4. The maximum absolute atomic E-state index is 13.9. The molecular weight excluding hydrogens is 558 g/mol. The summed E-state index contributed by atoms with van der Waals surface area (Å²) in [4.78, 5) is 53.4. The molecule has 1 saturated heterocycles. The summed E-state index contributed by atoms with van der Waals surface area (Å²) in [6.07, 6.45) is 4.76. The number of fused-ring (bicyclic) bond motifs is 2. The summed E-state index contributed by atoms with van der Waals surface area (Å²) in [5.74, 6) is 0.384. The Labute approximate surface area is 258 Å². The molecule has 2 aromatic carbocycles. The number of methoxy groups -OCH3 is 1. The van der Waals surface area contributed by atoms with Gasteiger partial charge in [-0.25, -0.2) is 9.97 Å². The third kappa shape index (κ3) is 6.19. The number of likely N-dealkylation sites (N-methyl/N-ethyl adjacent to an activating group) is 1. The van der Waals surface area contributed by atoms with Gasteiger partial charge in [-0.3, -0.25) is 14.4 Å². The standard InChI is InChI=1S/C33H43N7O4/c1-20(34-5)30(41)38-28(33(2,3)4)32(43)40-16-10-14-26(40)31(42)37-24-17-22-23(18-27(24)44-6)35-19-36-29(22)39-15-9-12-21-11-7-8-13-25(21)39/h7-8,11,13,17-20,26,28,34H,9-10,12,14-16H2,1-6H3,(H,37,42)(H,38,41). The van der Waals surface area contributed by atoms with Crippen LogP contribution in [0, 0.1) is 5.41 Å². The molecule has 11 nitrogen and oxygen atoms in total. The Hall–Kier alpha value is -4.25. The summed E-state index contributed by atoms with van der Waals surface area (Å²) in [5, 5.41) is 9.66. The van der Waals surface area contributed by atoms with Crippen LogP contribution in [0.5, 0.6) is 5.75 Å². The van der Waals surface area contributed by atoms with Gasteiger partial charge < -0.3 is 30.5 Å². The fourth-order valence-electron chi connectivity index (χ4n) is 6.04. The van der Waals surface area contributed by atoms with E-state index in [1.807, 2.05) is 32.9 Å². The number of aryl methyl sites for hydroxylation is 1. The summed E-state index contributed by atoms with van der Waals surface area (Å²) in [6.45, 7) is 8.71. The minimum absolute atomic E-state index is 0.267. The second kappa shape index (κ2) is 12.8. The molecule has 0 saturated carbocycles. The number of para-hydroxylation sites is 1. The number of nitrogens with one attached hydrogen (secondary N) is 3. The number of benzene rings is 2. The van der Waals surface area contributed by atoms with Crippen molar-refractivity contribution in [2.45, 2.75) is 71.5 Å². The Kier molecular flexibility index (Phi) is 9.05. The molecule has 2 aliphatic heterocycles. The van der Waals surface area contributed by atoms with E-state index in [2.05, 4.69) is 49.0 Å². The van der Waals surface area contributed by atoms with E-state index in [1.54, 1.807) is 38.4 Å². The van der Waals surface area contributed by atoms with Crippen LogP contribution in [0.2, 0.25) is 0 Å². The van der Waals surface area contributed by atoms with E-state index < -0.39 is 23.5 Å². The Bertz CT molecular complexity index is 1550. The summed E-state index contributed by atoms with van der Waals surface area (Å²) in [7, 11) is 3.24. The van der Waals surface area contributed by atoms with Crippen LogP contribution in [0.4, 0.5) is 17.2 Å². The van der Waals surface area contributed by atoms with Crippen molar-refractivity contribution in [2.75, 3.05) is 37.5 Å². The highest BCUT2D eigenvalue weighted by Gasteiger charge is 2.42. The molecule has 11 heteroatoms. The zero-order chi connectivity index (χ0) is 31.6. The highest BCUT2D eigenvalue weighted by molar-refractivity contribution is 6.03. The largest absolute Gasteiger partial charge is 0.494 e. The number of aromatic nitrogens is 2. The average Bonchev–Trinajstić information content (AvgIpc) is 3.52. The molecule has 2 aliphatic rings. The lowest BCUT2D eigenvalue weighted by molar-refractivity contribution is -0.143. The van der Waals surface area contributed by atoms with Crippen molar-refractivity contribution in [3.63, 3.8) is 0 Å². The fraction of sp³-hybridized carbons (Fsp3) is 0.485. The summed E-state index contributed by atoms with van der Waals surface area (Å²) < 4.78 is 5.67. The van der Waals surface area contributed by atoms with E-state index in [0.29, 0.717) is 36.3 Å². The molecule has 3 heterocycles. The number of hydrogen-bond acceptors (Lipinski definition) is 8. The van der Waals surface area contributed by atoms with Crippen LogP contribution in [0.15, 0.2) is 42.7 Å². The van der Waals surface area contributed by atoms with E-state index in [0.717, 1.165) is 36.3 Å². The van der Waals surface area contributed by atoms with Crippen LogP contribution >= 0.6 is 0 Å². The molecule has 5 rings (SSSR count). The number of likely N-dealkylation sites (tertiary alicyclic amines) is 1. The van der Waals surface area contributed by atoms with Gasteiger partial charge in [0.05, 0.1) is 24.4 Å². The van der Waals surface area contributed by atoms with Crippen molar-refractivity contribution < 1.29 is 19.1 Å². The predicted octanol–water partition coefficient (Wildman–Crippen LogP) is 3.79. The number of ether oxygens (including phenoxy) is 1. The van der Waals surface area contributed by atoms with Crippen LogP contribution in [-0.2, 0) is 20.8 Å². The maximum atomic E-state index is 13.9. The fourth-order valence-corrected chi connectivity index (χ4v) is 6.04. The van der Waals surface area contributed by atoms with Gasteiger partial charge in [0.15, 0.2) is 0 Å². The topological polar surface area (TPSA) is 129 Å². The Morgan fingerprint density at radius 2 is 1.84 bits per heavy atom. The van der Waals surface area contributed by atoms with Crippen molar-refractivity contribution in [1.29, 1.82) is 0 Å². The van der Waals surface area contributed by atoms with Gasteiger partial charge in [0, 0.05) is 30.2 Å². The first kappa shape index (κ1) is 31.2. The maximum Gasteiger partial charge on any atom is 0.247 e. The van der Waals surface area contributed by atoms with E-state index in [1.165, 1.54) is 5.56 Å². The highest BCUT2D eigenvalue weighted by atomic mass is 16.5. The van der Waals surface area contributed by atoms with Crippen molar-refractivity contribution in [3.8, 4) is 5.75 Å². The molecule has 3 unspecified atom stereocenters. The molecule has 1 fully saturated rings. The Morgan fingerprint density at radius 3 is 2.57 bits per heavy atom. The molecule has 0 aliphatic carbocycles. The number of hydrogen-bond donors (Lipinski definition) is 3. The lowest BCUT2D eigenvalue weighted by Crippen LogP contribution is -2.59.